The number of benzene rings is 3. The minimum Gasteiger partial charge on any atom is -0.427 e. The molecule has 8 nitrogen and oxygen atoms in total. The summed E-state index contributed by atoms with van der Waals surface area (Å²) in [6.45, 7) is 2.52. The summed E-state index contributed by atoms with van der Waals surface area (Å²) in [5, 5.41) is 4.23. The first-order chi connectivity index (χ1) is 16.2. The number of hydrazone groups is 1. The van der Waals surface area contributed by atoms with Crippen molar-refractivity contribution in [2.24, 2.45) is 5.10 Å². The van der Waals surface area contributed by atoms with Gasteiger partial charge in [-0.3, -0.25) is 13.9 Å². The fourth-order valence-corrected chi connectivity index (χ4v) is 4.67. The van der Waals surface area contributed by atoms with Crippen LogP contribution in [0.2, 0.25) is 5.02 Å². The van der Waals surface area contributed by atoms with E-state index in [-0.39, 0.29) is 10.6 Å². The van der Waals surface area contributed by atoms with Gasteiger partial charge >= 0.3 is 5.97 Å². The first-order valence-electron chi connectivity index (χ1n) is 10.1. The second-order valence-corrected chi connectivity index (χ2v) is 9.51. The molecule has 3 rings (SSSR count). The molecule has 0 saturated heterocycles. The molecule has 0 aromatic heterocycles. The van der Waals surface area contributed by atoms with Gasteiger partial charge in [0.25, 0.3) is 15.9 Å². The number of amides is 1. The monoisotopic (exact) mass is 499 g/mol. The number of anilines is 1. The molecule has 0 radical (unpaired) electrons. The summed E-state index contributed by atoms with van der Waals surface area (Å²) in [5.74, 6) is -0.697. The molecule has 10 heteroatoms. The van der Waals surface area contributed by atoms with E-state index in [4.69, 9.17) is 16.3 Å². The number of esters is 1. The minimum absolute atomic E-state index is 0.0403. The van der Waals surface area contributed by atoms with E-state index < -0.39 is 28.4 Å². The molecular formula is C24H22ClN3O5S. The third kappa shape index (κ3) is 6.43. The molecule has 0 saturated carbocycles. The van der Waals surface area contributed by atoms with Gasteiger partial charge in [0, 0.05) is 11.9 Å². The Morgan fingerprint density at radius 3 is 2.38 bits per heavy atom. The second-order valence-electron chi connectivity index (χ2n) is 7.21. The molecule has 0 heterocycles. The smallest absolute Gasteiger partial charge is 0.308 e. The van der Waals surface area contributed by atoms with Crippen LogP contribution in [0.1, 0.15) is 18.1 Å². The number of carbonyl (C=O) groups excluding carboxylic acids is 2. The quantitative estimate of drug-likeness (QED) is 0.219. The zero-order valence-corrected chi connectivity index (χ0v) is 20.0. The van der Waals surface area contributed by atoms with Crippen molar-refractivity contribution in [3.8, 4) is 5.75 Å². The van der Waals surface area contributed by atoms with Crippen LogP contribution in [0.15, 0.2) is 82.8 Å². The number of rotatable bonds is 8. The van der Waals surface area contributed by atoms with E-state index in [0.717, 1.165) is 4.31 Å². The number of hydrogen-bond acceptors (Lipinski definition) is 6. The predicted octanol–water partition coefficient (Wildman–Crippen LogP) is 3.92. The molecule has 0 fully saturated rings. The van der Waals surface area contributed by atoms with Gasteiger partial charge in [-0.05, 0) is 66.6 Å². The Hall–Kier alpha value is -3.69. The van der Waals surface area contributed by atoms with Crippen LogP contribution in [-0.2, 0) is 19.6 Å². The van der Waals surface area contributed by atoms with Crippen molar-refractivity contribution in [3.63, 3.8) is 0 Å². The number of sulfonamides is 1. The lowest BCUT2D eigenvalue weighted by atomic mass is 10.2. The molecule has 3 aromatic carbocycles. The van der Waals surface area contributed by atoms with Gasteiger partial charge in [0.05, 0.1) is 16.8 Å². The van der Waals surface area contributed by atoms with Crippen LogP contribution in [0.3, 0.4) is 0 Å². The minimum atomic E-state index is -4.06. The largest absolute Gasteiger partial charge is 0.427 e. The SMILES string of the molecule is CC(=O)Oc1ccc(/C=N\NC(=O)CN(c2cc(Cl)ccc2C)S(=O)(=O)c2ccccc2)cc1. The Labute approximate surface area is 202 Å². The lowest BCUT2D eigenvalue weighted by Crippen LogP contribution is -2.40. The first kappa shape index (κ1) is 24.9. The van der Waals surface area contributed by atoms with Crippen molar-refractivity contribution in [2.45, 2.75) is 18.7 Å². The van der Waals surface area contributed by atoms with Crippen molar-refractivity contribution < 1.29 is 22.7 Å². The van der Waals surface area contributed by atoms with E-state index in [9.17, 15) is 18.0 Å². The number of halogens is 1. The number of nitrogens with zero attached hydrogens (tertiary/aromatic N) is 2. The maximum atomic E-state index is 13.4. The number of carbonyl (C=O) groups is 2. The topological polar surface area (TPSA) is 105 Å². The highest BCUT2D eigenvalue weighted by Crippen LogP contribution is 2.29. The number of ether oxygens (including phenoxy) is 1. The van der Waals surface area contributed by atoms with E-state index >= 15 is 0 Å². The summed E-state index contributed by atoms with van der Waals surface area (Å²) < 4.78 is 32.7. The summed E-state index contributed by atoms with van der Waals surface area (Å²) >= 11 is 6.11. The number of aryl methyl sites for hydroxylation is 1. The van der Waals surface area contributed by atoms with Crippen LogP contribution in [0.4, 0.5) is 5.69 Å². The molecule has 0 aliphatic rings. The van der Waals surface area contributed by atoms with Gasteiger partial charge in [-0.1, -0.05) is 35.9 Å². The fourth-order valence-electron chi connectivity index (χ4n) is 3.00. The van der Waals surface area contributed by atoms with Gasteiger partial charge in [-0.25, -0.2) is 13.8 Å². The molecule has 0 atom stereocenters. The van der Waals surface area contributed by atoms with Crippen molar-refractivity contribution in [1.82, 2.24) is 5.43 Å². The normalized spacial score (nSPS) is 11.3. The number of nitrogens with one attached hydrogen (secondary N) is 1. The molecule has 3 aromatic rings. The third-order valence-corrected chi connectivity index (χ3v) is 6.61. The molecule has 1 amide bonds. The van der Waals surface area contributed by atoms with Crippen LogP contribution in [0, 0.1) is 6.92 Å². The van der Waals surface area contributed by atoms with E-state index in [1.54, 1.807) is 61.5 Å². The molecule has 0 bridgehead atoms. The molecule has 34 heavy (non-hydrogen) atoms. The molecular weight excluding hydrogens is 478 g/mol. The third-order valence-electron chi connectivity index (χ3n) is 4.60. The standard InChI is InChI=1S/C24H22ClN3O5S/c1-17-8-11-20(25)14-23(17)28(34(31,32)22-6-4-3-5-7-22)16-24(30)27-26-15-19-9-12-21(13-10-19)33-18(2)29/h3-15H,16H2,1-2H3,(H,27,30)/b26-15-. The van der Waals surface area contributed by atoms with Crippen LogP contribution in [0.25, 0.3) is 0 Å². The van der Waals surface area contributed by atoms with Crippen LogP contribution < -0.4 is 14.5 Å². The van der Waals surface area contributed by atoms with Crippen LogP contribution >= 0.6 is 11.6 Å². The Balaban J connectivity index is 1.80. The number of hydrogen-bond donors (Lipinski definition) is 1. The average molecular weight is 500 g/mol. The van der Waals surface area contributed by atoms with Crippen LogP contribution in [0.5, 0.6) is 5.75 Å². The van der Waals surface area contributed by atoms with E-state index in [2.05, 4.69) is 10.5 Å². The average Bonchev–Trinajstić information content (AvgIpc) is 2.80. The fraction of sp³-hybridized carbons (Fsp3) is 0.125. The lowest BCUT2D eigenvalue weighted by Gasteiger charge is -2.25. The summed E-state index contributed by atoms with van der Waals surface area (Å²) in [7, 11) is -4.06. The van der Waals surface area contributed by atoms with Gasteiger partial charge in [0.1, 0.15) is 12.3 Å². The molecule has 0 aliphatic carbocycles. The van der Waals surface area contributed by atoms with Gasteiger partial charge < -0.3 is 4.74 Å². The highest BCUT2D eigenvalue weighted by atomic mass is 35.5. The lowest BCUT2D eigenvalue weighted by molar-refractivity contribution is -0.131. The summed E-state index contributed by atoms with van der Waals surface area (Å²) in [6.07, 6.45) is 1.39. The molecule has 176 valence electrons. The Kier molecular flexibility index (Phi) is 8.04. The van der Waals surface area contributed by atoms with Gasteiger partial charge in [-0.2, -0.15) is 5.10 Å². The predicted molar refractivity (Wildman–Crippen MR) is 131 cm³/mol. The van der Waals surface area contributed by atoms with E-state index in [1.165, 1.54) is 31.3 Å². The zero-order chi connectivity index (χ0) is 24.7. The molecule has 1 N–H and O–H groups in total. The van der Waals surface area contributed by atoms with E-state index in [1.807, 2.05) is 0 Å². The highest BCUT2D eigenvalue weighted by Gasteiger charge is 2.28. The Bertz CT molecular complexity index is 1310. The van der Waals surface area contributed by atoms with Crippen LogP contribution in [-0.4, -0.2) is 33.1 Å². The summed E-state index contributed by atoms with van der Waals surface area (Å²) in [6, 6.07) is 19.1. The Morgan fingerprint density at radius 2 is 1.74 bits per heavy atom. The highest BCUT2D eigenvalue weighted by molar-refractivity contribution is 7.92. The maximum Gasteiger partial charge on any atom is 0.308 e. The van der Waals surface area contributed by atoms with Gasteiger partial charge in [0.15, 0.2) is 0 Å². The van der Waals surface area contributed by atoms with Crippen molar-refractivity contribution in [2.75, 3.05) is 10.8 Å². The van der Waals surface area contributed by atoms with Crippen molar-refractivity contribution >= 4 is 45.4 Å². The summed E-state index contributed by atoms with van der Waals surface area (Å²) in [5.41, 5.74) is 3.90. The van der Waals surface area contributed by atoms with E-state index in [0.29, 0.717) is 21.9 Å². The maximum absolute atomic E-state index is 13.4. The molecule has 0 unspecified atom stereocenters. The molecule has 0 spiro atoms. The first-order valence-corrected chi connectivity index (χ1v) is 11.9. The molecule has 0 aliphatic heterocycles. The van der Waals surface area contributed by atoms with Crippen molar-refractivity contribution in [3.05, 3.63) is 88.9 Å². The summed E-state index contributed by atoms with van der Waals surface area (Å²) in [4.78, 5) is 23.7. The van der Waals surface area contributed by atoms with Gasteiger partial charge in [0.2, 0.25) is 0 Å². The van der Waals surface area contributed by atoms with Gasteiger partial charge in [-0.15, -0.1) is 0 Å². The zero-order valence-electron chi connectivity index (χ0n) is 18.4. The second kappa shape index (κ2) is 11.0. The Morgan fingerprint density at radius 1 is 1.06 bits per heavy atom. The van der Waals surface area contributed by atoms with Crippen molar-refractivity contribution in [1.29, 1.82) is 0 Å².